The molecule has 1 aliphatic carbocycles. The number of Topliss-reactive ketones (excluding diaryl/α,β-unsaturated/α-hetero) is 1. The first-order chi connectivity index (χ1) is 7.77. The van der Waals surface area contributed by atoms with Gasteiger partial charge in [-0.3, -0.25) is 39.9 Å². The Bertz CT molecular complexity index is 547. The van der Waals surface area contributed by atoms with Crippen molar-refractivity contribution in [2.75, 3.05) is 0 Å². The number of hydrogen-bond donors (Lipinski definition) is 0. The number of carbonyl (C=O) groups excluding carboxylic acids is 2. The Kier molecular flexibility index (Phi) is 4.33. The van der Waals surface area contributed by atoms with Gasteiger partial charge < -0.3 is 0 Å². The lowest BCUT2D eigenvalue weighted by Gasteiger charge is -2.02. The molecule has 0 aliphatic heterocycles. The van der Waals surface area contributed by atoms with Crippen LogP contribution in [-0.2, 0) is 9.59 Å². The second kappa shape index (κ2) is 5.09. The van der Waals surface area contributed by atoms with Crippen molar-refractivity contribution in [2.24, 2.45) is 0 Å². The van der Waals surface area contributed by atoms with Crippen LogP contribution in [0.15, 0.2) is 23.2 Å². The summed E-state index contributed by atoms with van der Waals surface area (Å²) in [4.78, 5) is 49.1. The molecule has 0 aromatic heterocycles. The molecule has 0 saturated carbocycles. The molecule has 0 heterocycles. The van der Waals surface area contributed by atoms with Crippen LogP contribution in [0.5, 0.6) is 0 Å². The molecule has 0 fully saturated rings. The van der Waals surface area contributed by atoms with Crippen molar-refractivity contribution in [1.82, 2.24) is 0 Å². The number of nitrogens with zero attached hydrogens (tertiary/aromatic N) is 3. The van der Waals surface area contributed by atoms with Gasteiger partial charge in [0.25, 0.3) is 5.78 Å². The molecule has 0 N–H and O–H groups in total. The Balaban J connectivity index is 0.00000289. The van der Waals surface area contributed by atoms with Gasteiger partial charge in [0, 0.05) is 0 Å². The molecule has 0 unspecified atom stereocenters. The largest absolute Gasteiger partial charge is 0.404 e. The van der Waals surface area contributed by atoms with Gasteiger partial charge in [0.1, 0.15) is 0 Å². The Morgan fingerprint density at radius 3 is 1.61 bits per heavy atom. The van der Waals surface area contributed by atoms with E-state index in [0.29, 0.717) is 0 Å². The molecule has 0 radical (unpaired) electrons. The first-order valence-corrected chi connectivity index (χ1v) is 3.75. The lowest BCUT2D eigenvalue weighted by molar-refractivity contribution is -0.466. The summed E-state index contributed by atoms with van der Waals surface area (Å²) in [5.41, 5.74) is -4.65. The molecule has 96 valence electrons. The zero-order chi connectivity index (χ0) is 13.3. The lowest BCUT2D eigenvalue weighted by atomic mass is 10.0. The first kappa shape index (κ1) is 15.3. The molecule has 0 amide bonds. The fourth-order valence-electron chi connectivity index (χ4n) is 1.09. The van der Waals surface area contributed by atoms with E-state index in [1.54, 1.807) is 0 Å². The summed E-state index contributed by atoms with van der Waals surface area (Å²) in [6, 6.07) is 0. The highest BCUT2D eigenvalue weighted by Gasteiger charge is 2.50. The van der Waals surface area contributed by atoms with Gasteiger partial charge in [-0.1, -0.05) is 0 Å². The molecular weight excluding hydrogens is 278 g/mol. The zero-order valence-electron chi connectivity index (χ0n) is 8.09. The average molecular weight is 280 g/mol. The first-order valence-electron chi connectivity index (χ1n) is 3.75. The summed E-state index contributed by atoms with van der Waals surface area (Å²) in [6.07, 6.45) is 0.0907. The molecule has 18 heavy (non-hydrogen) atoms. The van der Waals surface area contributed by atoms with E-state index in [4.69, 9.17) is 0 Å². The molecule has 0 aromatic rings. The predicted octanol–water partition coefficient (Wildman–Crippen LogP) is -0.514. The van der Waals surface area contributed by atoms with Crippen molar-refractivity contribution >= 4 is 24.0 Å². The highest BCUT2D eigenvalue weighted by molar-refractivity contribution is 6.19. The highest BCUT2D eigenvalue weighted by atomic mass is 35.5. The van der Waals surface area contributed by atoms with Crippen LogP contribution in [0.3, 0.4) is 0 Å². The van der Waals surface area contributed by atoms with Crippen molar-refractivity contribution in [3.05, 3.63) is 53.5 Å². The minimum absolute atomic E-state index is 0. The minimum atomic E-state index is -1.77. The van der Waals surface area contributed by atoms with Crippen LogP contribution in [0.1, 0.15) is 0 Å². The van der Waals surface area contributed by atoms with Crippen LogP contribution in [0, 0.1) is 30.3 Å². The second-order valence-corrected chi connectivity index (χ2v) is 2.69. The molecule has 11 nitrogen and oxygen atoms in total. The third-order valence-corrected chi connectivity index (χ3v) is 1.74. The summed E-state index contributed by atoms with van der Waals surface area (Å²) >= 11 is 0. The van der Waals surface area contributed by atoms with Crippen molar-refractivity contribution in [2.45, 2.75) is 0 Å². The number of hydrogen-bond acceptors (Lipinski definition) is 8. The second-order valence-electron chi connectivity index (χ2n) is 2.69. The van der Waals surface area contributed by atoms with E-state index in [9.17, 15) is 39.9 Å². The Labute approximate surface area is 103 Å². The lowest BCUT2D eigenvalue weighted by Crippen LogP contribution is -2.30. The van der Waals surface area contributed by atoms with Crippen molar-refractivity contribution in [1.29, 1.82) is 0 Å². The number of rotatable bonds is 3. The smallest absolute Gasteiger partial charge is 0.282 e. The number of carbonyl (C=O) groups is 2. The van der Waals surface area contributed by atoms with E-state index in [1.165, 1.54) is 0 Å². The Morgan fingerprint density at radius 2 is 1.28 bits per heavy atom. The zero-order valence-corrected chi connectivity index (χ0v) is 8.91. The summed E-state index contributed by atoms with van der Waals surface area (Å²) in [7, 11) is 0. The van der Waals surface area contributed by atoms with Crippen molar-refractivity contribution in [3.63, 3.8) is 0 Å². The molecule has 0 spiro atoms. The maximum absolute atomic E-state index is 11.2. The predicted molar refractivity (Wildman–Crippen MR) is 53.4 cm³/mol. The molecule has 1 rings (SSSR count). The number of allylic oxidation sites excluding steroid dienone is 1. The van der Waals surface area contributed by atoms with Gasteiger partial charge in [0.15, 0.2) is 0 Å². The average Bonchev–Trinajstić information content (AvgIpc) is 2.18. The van der Waals surface area contributed by atoms with Crippen molar-refractivity contribution in [3.8, 4) is 0 Å². The maximum atomic E-state index is 11.2. The van der Waals surface area contributed by atoms with Crippen LogP contribution >= 0.6 is 12.4 Å². The quantitative estimate of drug-likeness (QED) is 0.378. The van der Waals surface area contributed by atoms with E-state index >= 15 is 0 Å². The Hall–Kier alpha value is -2.69. The van der Waals surface area contributed by atoms with Gasteiger partial charge in [-0.05, 0) is 0 Å². The van der Waals surface area contributed by atoms with Gasteiger partial charge in [-0.2, -0.15) is 0 Å². The van der Waals surface area contributed by atoms with Crippen LogP contribution in [0.25, 0.3) is 0 Å². The topological polar surface area (TPSA) is 164 Å². The SMILES string of the molecule is Cl.O=C1C=C([N+](=O)[O-])C(=O)C([N+](=O)[O-])=C1[N+](=O)[O-]. The van der Waals surface area contributed by atoms with Gasteiger partial charge >= 0.3 is 22.9 Å². The maximum Gasteiger partial charge on any atom is 0.404 e. The molecule has 12 heteroatoms. The van der Waals surface area contributed by atoms with E-state index in [-0.39, 0.29) is 18.5 Å². The monoisotopic (exact) mass is 279 g/mol. The highest BCUT2D eigenvalue weighted by Crippen LogP contribution is 2.20. The molecule has 1 aliphatic rings. The molecule has 0 aromatic carbocycles. The van der Waals surface area contributed by atoms with Gasteiger partial charge in [-0.25, -0.2) is 0 Å². The number of nitro groups is 3. The molecular formula is C6H2ClN3O8. The molecule has 0 bridgehead atoms. The summed E-state index contributed by atoms with van der Waals surface area (Å²) < 4.78 is 0. The van der Waals surface area contributed by atoms with E-state index in [0.717, 1.165) is 0 Å². The molecule has 0 saturated heterocycles. The van der Waals surface area contributed by atoms with E-state index in [2.05, 4.69) is 0 Å². The fraction of sp³-hybridized carbons (Fsp3) is 0. The standard InChI is InChI=1S/C6HN3O8.ClH/c10-3-1-2(7(12)13)6(11)5(9(16)17)4(3)8(14)15;/h1H;1H. The van der Waals surface area contributed by atoms with E-state index < -0.39 is 43.4 Å². The Morgan fingerprint density at radius 1 is 0.833 bits per heavy atom. The number of ketones is 2. The van der Waals surface area contributed by atoms with Crippen molar-refractivity contribution < 1.29 is 24.4 Å². The van der Waals surface area contributed by atoms with Crippen LogP contribution < -0.4 is 0 Å². The minimum Gasteiger partial charge on any atom is -0.282 e. The molecule has 0 atom stereocenters. The fourth-order valence-corrected chi connectivity index (χ4v) is 1.09. The number of halogens is 1. The van der Waals surface area contributed by atoms with Gasteiger partial charge in [0.2, 0.25) is 0 Å². The van der Waals surface area contributed by atoms with Crippen LogP contribution in [0.2, 0.25) is 0 Å². The van der Waals surface area contributed by atoms with E-state index in [1.807, 2.05) is 0 Å². The van der Waals surface area contributed by atoms with Gasteiger partial charge in [0.05, 0.1) is 20.8 Å². The third-order valence-electron chi connectivity index (χ3n) is 1.74. The van der Waals surface area contributed by atoms with Crippen LogP contribution in [0.4, 0.5) is 0 Å². The summed E-state index contributed by atoms with van der Waals surface area (Å²) in [6.45, 7) is 0. The summed E-state index contributed by atoms with van der Waals surface area (Å²) in [5, 5.41) is 31.1. The normalized spacial score (nSPS) is 14.8. The third kappa shape index (κ3) is 2.35. The van der Waals surface area contributed by atoms with Crippen LogP contribution in [-0.4, -0.2) is 26.3 Å². The summed E-state index contributed by atoms with van der Waals surface area (Å²) in [5.74, 6) is -3.33. The van der Waals surface area contributed by atoms with Gasteiger partial charge in [-0.15, -0.1) is 12.4 Å².